The average Bonchev–Trinajstić information content (AvgIpc) is 3.01. The third-order valence-electron chi connectivity index (χ3n) is 3.11. The van der Waals surface area contributed by atoms with Crippen molar-refractivity contribution in [1.29, 1.82) is 0 Å². The van der Waals surface area contributed by atoms with Gasteiger partial charge in [-0.1, -0.05) is 18.2 Å². The molecule has 2 rings (SSSR count). The smallest absolute Gasteiger partial charge is 0.319 e. The van der Waals surface area contributed by atoms with Crippen LogP contribution in [-0.4, -0.2) is 24.0 Å². The molecule has 0 fully saturated rings. The van der Waals surface area contributed by atoms with Crippen molar-refractivity contribution in [3.8, 4) is 0 Å². The van der Waals surface area contributed by atoms with Crippen LogP contribution >= 0.6 is 23.1 Å². The number of carbonyl (C=O) groups excluding carboxylic acids is 1. The van der Waals surface area contributed by atoms with Crippen molar-refractivity contribution in [1.82, 2.24) is 5.32 Å². The van der Waals surface area contributed by atoms with E-state index >= 15 is 0 Å². The second kappa shape index (κ2) is 8.82. The van der Waals surface area contributed by atoms with E-state index in [2.05, 4.69) is 10.6 Å². The molecule has 0 spiro atoms. The first kappa shape index (κ1) is 16.9. The number of thioether (sulfide) groups is 1. The fourth-order valence-corrected chi connectivity index (χ4v) is 3.46. The summed E-state index contributed by atoms with van der Waals surface area (Å²) in [6.07, 6.45) is 2.55. The molecular weight excluding hydrogens is 316 g/mol. The van der Waals surface area contributed by atoms with Gasteiger partial charge in [0.05, 0.1) is 6.04 Å². The number of urea groups is 1. The molecule has 3 N–H and O–H groups in total. The van der Waals surface area contributed by atoms with E-state index < -0.39 is 0 Å². The summed E-state index contributed by atoms with van der Waals surface area (Å²) in [5.41, 5.74) is 1.95. The van der Waals surface area contributed by atoms with Crippen LogP contribution in [0.4, 0.5) is 10.5 Å². The number of aliphatic hydroxyl groups excluding tert-OH is 1. The van der Waals surface area contributed by atoms with Gasteiger partial charge in [0.1, 0.15) is 0 Å². The molecule has 1 aromatic carbocycles. The Morgan fingerprint density at radius 1 is 1.36 bits per heavy atom. The number of anilines is 1. The molecule has 1 heterocycles. The van der Waals surface area contributed by atoms with E-state index in [1.807, 2.05) is 48.0 Å². The lowest BCUT2D eigenvalue weighted by molar-refractivity contribution is 0.239. The van der Waals surface area contributed by atoms with Crippen LogP contribution in [0, 0.1) is 0 Å². The zero-order valence-corrected chi connectivity index (χ0v) is 14.0. The second-order valence-corrected chi connectivity index (χ2v) is 6.66. The Morgan fingerprint density at radius 3 is 2.91 bits per heavy atom. The Balaban J connectivity index is 1.97. The molecule has 6 heteroatoms. The molecule has 0 aliphatic rings. The molecule has 118 valence electrons. The van der Waals surface area contributed by atoms with Crippen LogP contribution in [0.3, 0.4) is 0 Å². The van der Waals surface area contributed by atoms with Gasteiger partial charge in [-0.3, -0.25) is 0 Å². The predicted molar refractivity (Wildman–Crippen MR) is 94.6 cm³/mol. The lowest BCUT2D eigenvalue weighted by Crippen LogP contribution is -2.32. The van der Waals surface area contributed by atoms with Gasteiger partial charge < -0.3 is 15.7 Å². The van der Waals surface area contributed by atoms with Crippen LogP contribution in [0.1, 0.15) is 22.9 Å². The highest BCUT2D eigenvalue weighted by molar-refractivity contribution is 7.97. The Morgan fingerprint density at radius 2 is 2.23 bits per heavy atom. The van der Waals surface area contributed by atoms with Gasteiger partial charge in [0, 0.05) is 22.9 Å². The summed E-state index contributed by atoms with van der Waals surface area (Å²) in [5.74, 6) is 0.916. The van der Waals surface area contributed by atoms with Gasteiger partial charge in [0.15, 0.2) is 0 Å². The third kappa shape index (κ3) is 5.05. The van der Waals surface area contributed by atoms with Crippen LogP contribution in [0.15, 0.2) is 41.8 Å². The van der Waals surface area contributed by atoms with E-state index in [9.17, 15) is 4.79 Å². The molecule has 1 aromatic heterocycles. The summed E-state index contributed by atoms with van der Waals surface area (Å²) >= 11 is 3.32. The van der Waals surface area contributed by atoms with Crippen molar-refractivity contribution >= 4 is 34.8 Å². The zero-order valence-electron chi connectivity index (χ0n) is 12.4. The summed E-state index contributed by atoms with van der Waals surface area (Å²) in [6.45, 7) is 0.0338. The molecule has 4 nitrogen and oxygen atoms in total. The van der Waals surface area contributed by atoms with Gasteiger partial charge in [-0.15, -0.1) is 11.3 Å². The SMILES string of the molecule is CSCc1cccc(NC(=O)N[C@@H](CCO)c2cccs2)c1. The van der Waals surface area contributed by atoms with Crippen molar-refractivity contribution in [2.45, 2.75) is 18.2 Å². The van der Waals surface area contributed by atoms with Crippen LogP contribution < -0.4 is 10.6 Å². The molecule has 0 bridgehead atoms. The quantitative estimate of drug-likeness (QED) is 0.719. The number of nitrogens with one attached hydrogen (secondary N) is 2. The van der Waals surface area contributed by atoms with E-state index in [1.165, 1.54) is 5.56 Å². The van der Waals surface area contributed by atoms with Gasteiger partial charge >= 0.3 is 6.03 Å². The van der Waals surface area contributed by atoms with E-state index in [4.69, 9.17) is 5.11 Å². The zero-order chi connectivity index (χ0) is 15.8. The van der Waals surface area contributed by atoms with Gasteiger partial charge in [-0.25, -0.2) is 4.79 Å². The average molecular weight is 336 g/mol. The molecule has 0 aliphatic carbocycles. The Labute approximate surface area is 138 Å². The van der Waals surface area contributed by atoms with Crippen molar-refractivity contribution in [3.63, 3.8) is 0 Å². The minimum absolute atomic E-state index is 0.0338. The molecule has 22 heavy (non-hydrogen) atoms. The molecule has 0 radical (unpaired) electrons. The van der Waals surface area contributed by atoms with Crippen molar-refractivity contribution in [3.05, 3.63) is 52.2 Å². The Hall–Kier alpha value is -1.50. The van der Waals surface area contributed by atoms with E-state index in [0.717, 1.165) is 16.3 Å². The number of amides is 2. The highest BCUT2D eigenvalue weighted by Crippen LogP contribution is 2.22. The van der Waals surface area contributed by atoms with Gasteiger partial charge in [-0.05, 0) is 41.8 Å². The maximum atomic E-state index is 12.2. The lowest BCUT2D eigenvalue weighted by atomic mass is 10.2. The van der Waals surface area contributed by atoms with E-state index in [0.29, 0.717) is 6.42 Å². The van der Waals surface area contributed by atoms with E-state index in [-0.39, 0.29) is 18.7 Å². The molecule has 0 aliphatic heterocycles. The number of hydrogen-bond acceptors (Lipinski definition) is 4. The predicted octanol–water partition coefficient (Wildman–Crippen LogP) is 3.86. The molecule has 0 saturated heterocycles. The van der Waals surface area contributed by atoms with Crippen LogP contribution in [0.5, 0.6) is 0 Å². The molecule has 2 aromatic rings. The minimum atomic E-state index is -0.256. The Bertz CT molecular complexity index is 588. The van der Waals surface area contributed by atoms with Crippen molar-refractivity contribution in [2.24, 2.45) is 0 Å². The number of thiophene rings is 1. The molecule has 1 atom stereocenters. The first-order chi connectivity index (χ1) is 10.7. The van der Waals surface area contributed by atoms with Gasteiger partial charge in [-0.2, -0.15) is 11.8 Å². The fraction of sp³-hybridized carbons (Fsp3) is 0.312. The Kier molecular flexibility index (Phi) is 6.76. The summed E-state index contributed by atoms with van der Waals surface area (Å²) in [5, 5.41) is 16.9. The summed E-state index contributed by atoms with van der Waals surface area (Å²) in [7, 11) is 0. The van der Waals surface area contributed by atoms with Crippen LogP contribution in [0.2, 0.25) is 0 Å². The second-order valence-electron chi connectivity index (χ2n) is 4.81. The maximum Gasteiger partial charge on any atom is 0.319 e. The maximum absolute atomic E-state index is 12.2. The number of carbonyl (C=O) groups is 1. The first-order valence-electron chi connectivity index (χ1n) is 7.02. The number of benzene rings is 1. The number of rotatable bonds is 7. The largest absolute Gasteiger partial charge is 0.396 e. The summed E-state index contributed by atoms with van der Waals surface area (Å²) in [6, 6.07) is 11.3. The van der Waals surface area contributed by atoms with Gasteiger partial charge in [0.25, 0.3) is 0 Å². The monoisotopic (exact) mass is 336 g/mol. The fourth-order valence-electron chi connectivity index (χ4n) is 2.14. The molecule has 0 unspecified atom stereocenters. The van der Waals surface area contributed by atoms with Crippen LogP contribution in [0.25, 0.3) is 0 Å². The molecule has 2 amide bonds. The lowest BCUT2D eigenvalue weighted by Gasteiger charge is -2.17. The first-order valence-corrected chi connectivity index (χ1v) is 9.30. The summed E-state index contributed by atoms with van der Waals surface area (Å²) in [4.78, 5) is 13.2. The number of aliphatic hydroxyl groups is 1. The van der Waals surface area contributed by atoms with E-state index in [1.54, 1.807) is 23.1 Å². The normalized spacial score (nSPS) is 11.9. The van der Waals surface area contributed by atoms with Crippen molar-refractivity contribution in [2.75, 3.05) is 18.2 Å². The highest BCUT2D eigenvalue weighted by Gasteiger charge is 2.15. The van der Waals surface area contributed by atoms with Crippen molar-refractivity contribution < 1.29 is 9.90 Å². The topological polar surface area (TPSA) is 61.4 Å². The molecular formula is C16H20N2O2S2. The van der Waals surface area contributed by atoms with Crippen LogP contribution in [-0.2, 0) is 5.75 Å². The number of hydrogen-bond donors (Lipinski definition) is 3. The standard InChI is InChI=1S/C16H20N2O2S2/c1-21-11-12-4-2-5-13(10-12)17-16(20)18-14(7-8-19)15-6-3-9-22-15/h2-6,9-10,14,19H,7-8,11H2,1H3,(H2,17,18,20)/t14-/m0/s1. The highest BCUT2D eigenvalue weighted by atomic mass is 32.2. The molecule has 0 saturated carbocycles. The summed E-state index contributed by atoms with van der Waals surface area (Å²) < 4.78 is 0. The van der Waals surface area contributed by atoms with Gasteiger partial charge in [0.2, 0.25) is 0 Å². The minimum Gasteiger partial charge on any atom is -0.396 e. The third-order valence-corrected chi connectivity index (χ3v) is 4.71.